The molecule has 5 nitrogen and oxygen atoms in total. The molecule has 0 atom stereocenters. The second-order valence-corrected chi connectivity index (χ2v) is 6.06. The van der Waals surface area contributed by atoms with Gasteiger partial charge >= 0.3 is 0 Å². The van der Waals surface area contributed by atoms with E-state index < -0.39 is 0 Å². The van der Waals surface area contributed by atoms with Gasteiger partial charge in [-0.2, -0.15) is 0 Å². The first-order chi connectivity index (χ1) is 12.0. The molecule has 2 rings (SSSR count). The highest BCUT2D eigenvalue weighted by atomic mass is 35.5. The Hall–Kier alpha value is -1.82. The molecule has 2 aromatic rings. The van der Waals surface area contributed by atoms with Gasteiger partial charge in [0.1, 0.15) is 12.4 Å². The predicted molar refractivity (Wildman–Crippen MR) is 98.5 cm³/mol. The number of carbonyl (C=O) groups is 1. The first kappa shape index (κ1) is 19.5. The van der Waals surface area contributed by atoms with Crippen molar-refractivity contribution < 1.29 is 19.0 Å². The molecule has 0 heterocycles. The van der Waals surface area contributed by atoms with Crippen LogP contribution in [0.3, 0.4) is 0 Å². The number of methoxy groups -OCH3 is 1. The highest BCUT2D eigenvalue weighted by Gasteiger charge is 2.09. The van der Waals surface area contributed by atoms with Crippen molar-refractivity contribution in [3.05, 3.63) is 51.5 Å². The minimum Gasteiger partial charge on any atom is -0.493 e. The number of rotatable bonds is 8. The van der Waals surface area contributed by atoms with Gasteiger partial charge in [-0.3, -0.25) is 4.79 Å². The fraction of sp³-hybridized carbons (Fsp3) is 0.235. The van der Waals surface area contributed by atoms with Crippen LogP contribution in [-0.4, -0.2) is 32.8 Å². The number of hydrogen-bond acceptors (Lipinski definition) is 4. The molecular weight excluding hydrogens is 389 g/mol. The van der Waals surface area contributed by atoms with E-state index >= 15 is 0 Å². The van der Waals surface area contributed by atoms with Crippen LogP contribution in [0.2, 0.25) is 15.1 Å². The highest BCUT2D eigenvalue weighted by Crippen LogP contribution is 2.33. The molecule has 1 amide bonds. The Bertz CT molecular complexity index is 740. The van der Waals surface area contributed by atoms with Gasteiger partial charge < -0.3 is 19.5 Å². The van der Waals surface area contributed by atoms with E-state index in [2.05, 4.69) is 5.32 Å². The minimum absolute atomic E-state index is 0.202. The number of amides is 1. The van der Waals surface area contributed by atoms with Crippen molar-refractivity contribution in [1.29, 1.82) is 0 Å². The lowest BCUT2D eigenvalue weighted by molar-refractivity contribution is -0.123. The fourth-order valence-corrected chi connectivity index (χ4v) is 2.49. The topological polar surface area (TPSA) is 56.8 Å². The van der Waals surface area contributed by atoms with Crippen LogP contribution < -0.4 is 19.5 Å². The second kappa shape index (κ2) is 9.61. The number of halogens is 3. The van der Waals surface area contributed by atoms with Gasteiger partial charge in [0.2, 0.25) is 0 Å². The summed E-state index contributed by atoms with van der Waals surface area (Å²) in [7, 11) is 1.56. The van der Waals surface area contributed by atoms with E-state index in [1.807, 2.05) is 12.1 Å². The SMILES string of the molecule is COc1ccccc1OCCNC(=O)COc1cc(Cl)c(Cl)cc1Cl. The van der Waals surface area contributed by atoms with Crippen LogP contribution in [0.25, 0.3) is 0 Å². The molecule has 2 aromatic carbocycles. The molecule has 134 valence electrons. The van der Waals surface area contributed by atoms with Crippen LogP contribution in [0.15, 0.2) is 36.4 Å². The predicted octanol–water partition coefficient (Wildman–Crippen LogP) is 4.23. The van der Waals surface area contributed by atoms with Crippen molar-refractivity contribution in [3.8, 4) is 17.2 Å². The minimum atomic E-state index is -0.314. The van der Waals surface area contributed by atoms with Gasteiger partial charge in [-0.25, -0.2) is 0 Å². The average Bonchev–Trinajstić information content (AvgIpc) is 2.61. The summed E-state index contributed by atoms with van der Waals surface area (Å²) in [5, 5.41) is 3.57. The van der Waals surface area contributed by atoms with Crippen LogP contribution in [0, 0.1) is 0 Å². The molecule has 0 aliphatic heterocycles. The molecule has 0 unspecified atom stereocenters. The Labute approximate surface area is 160 Å². The third kappa shape index (κ3) is 5.88. The lowest BCUT2D eigenvalue weighted by Gasteiger charge is -2.12. The number of para-hydroxylation sites is 2. The van der Waals surface area contributed by atoms with Crippen molar-refractivity contribution in [1.82, 2.24) is 5.32 Å². The fourth-order valence-electron chi connectivity index (χ4n) is 1.90. The molecule has 25 heavy (non-hydrogen) atoms. The molecule has 0 spiro atoms. The van der Waals surface area contributed by atoms with Crippen LogP contribution in [-0.2, 0) is 4.79 Å². The number of ether oxygens (including phenoxy) is 3. The molecule has 0 saturated carbocycles. The normalized spacial score (nSPS) is 10.2. The van der Waals surface area contributed by atoms with Crippen LogP contribution in [0.5, 0.6) is 17.2 Å². The number of hydrogen-bond donors (Lipinski definition) is 1. The zero-order valence-corrected chi connectivity index (χ0v) is 15.6. The standard InChI is InChI=1S/C17H16Cl3NO4/c1-23-14-4-2-3-5-15(14)24-7-6-21-17(22)10-25-16-9-12(19)11(18)8-13(16)20/h2-5,8-9H,6-7,10H2,1H3,(H,21,22). The third-order valence-corrected chi connectivity index (χ3v) is 4.10. The summed E-state index contributed by atoms with van der Waals surface area (Å²) in [6.07, 6.45) is 0. The number of benzene rings is 2. The Morgan fingerprint density at radius 1 is 0.960 bits per heavy atom. The van der Waals surface area contributed by atoms with Crippen molar-refractivity contribution in [2.24, 2.45) is 0 Å². The molecule has 0 aromatic heterocycles. The Kier molecular flexibility index (Phi) is 7.50. The zero-order valence-electron chi connectivity index (χ0n) is 13.4. The average molecular weight is 405 g/mol. The number of nitrogens with one attached hydrogen (secondary N) is 1. The quantitative estimate of drug-likeness (QED) is 0.528. The molecule has 1 N–H and O–H groups in total. The zero-order chi connectivity index (χ0) is 18.2. The van der Waals surface area contributed by atoms with Crippen LogP contribution in [0.4, 0.5) is 0 Å². The monoisotopic (exact) mass is 403 g/mol. The van der Waals surface area contributed by atoms with Gasteiger partial charge in [-0.05, 0) is 18.2 Å². The lowest BCUT2D eigenvalue weighted by atomic mass is 10.3. The molecule has 0 bridgehead atoms. The highest BCUT2D eigenvalue weighted by molar-refractivity contribution is 6.43. The van der Waals surface area contributed by atoms with E-state index in [9.17, 15) is 4.79 Å². The summed E-state index contributed by atoms with van der Waals surface area (Å²) in [6.45, 7) is 0.404. The second-order valence-electron chi connectivity index (χ2n) is 4.83. The van der Waals surface area contributed by atoms with Gasteiger partial charge in [0, 0.05) is 6.07 Å². The molecule has 0 fully saturated rings. The van der Waals surface area contributed by atoms with Crippen molar-refractivity contribution in [3.63, 3.8) is 0 Å². The van der Waals surface area contributed by atoms with E-state index in [0.29, 0.717) is 34.7 Å². The van der Waals surface area contributed by atoms with Gasteiger partial charge in [0.05, 0.1) is 28.7 Å². The summed E-state index contributed by atoms with van der Waals surface area (Å²) < 4.78 is 16.1. The number of carbonyl (C=O) groups excluding carboxylic acids is 1. The summed E-state index contributed by atoms with van der Waals surface area (Å²) in [5.41, 5.74) is 0. The van der Waals surface area contributed by atoms with Crippen molar-refractivity contribution in [2.45, 2.75) is 0 Å². The molecule has 0 aliphatic carbocycles. The van der Waals surface area contributed by atoms with E-state index in [0.717, 1.165) is 0 Å². The van der Waals surface area contributed by atoms with Gasteiger partial charge in [0.15, 0.2) is 18.1 Å². The van der Waals surface area contributed by atoms with Gasteiger partial charge in [-0.1, -0.05) is 46.9 Å². The van der Waals surface area contributed by atoms with Crippen LogP contribution >= 0.6 is 34.8 Å². The van der Waals surface area contributed by atoms with E-state index in [1.54, 1.807) is 19.2 Å². The lowest BCUT2D eigenvalue weighted by Crippen LogP contribution is -2.32. The maximum absolute atomic E-state index is 11.8. The maximum Gasteiger partial charge on any atom is 0.258 e. The van der Waals surface area contributed by atoms with Gasteiger partial charge in [0.25, 0.3) is 5.91 Å². The molecule has 0 radical (unpaired) electrons. The smallest absolute Gasteiger partial charge is 0.258 e. The summed E-state index contributed by atoms with van der Waals surface area (Å²) in [5.74, 6) is 1.21. The summed E-state index contributed by atoms with van der Waals surface area (Å²) >= 11 is 17.7. The molecule has 0 aliphatic rings. The first-order valence-corrected chi connectivity index (χ1v) is 8.44. The Morgan fingerprint density at radius 2 is 1.64 bits per heavy atom. The third-order valence-electron chi connectivity index (χ3n) is 3.08. The van der Waals surface area contributed by atoms with E-state index in [-0.39, 0.29) is 23.3 Å². The van der Waals surface area contributed by atoms with Gasteiger partial charge in [-0.15, -0.1) is 0 Å². The van der Waals surface area contributed by atoms with E-state index in [1.165, 1.54) is 12.1 Å². The van der Waals surface area contributed by atoms with Crippen molar-refractivity contribution in [2.75, 3.05) is 26.9 Å². The largest absolute Gasteiger partial charge is 0.493 e. The maximum atomic E-state index is 11.8. The summed E-state index contributed by atoms with van der Waals surface area (Å²) in [4.78, 5) is 11.8. The molecule has 0 saturated heterocycles. The Morgan fingerprint density at radius 3 is 2.36 bits per heavy atom. The first-order valence-electron chi connectivity index (χ1n) is 7.31. The van der Waals surface area contributed by atoms with E-state index in [4.69, 9.17) is 49.0 Å². The Balaban J connectivity index is 1.73. The van der Waals surface area contributed by atoms with Crippen LogP contribution in [0.1, 0.15) is 0 Å². The summed E-state index contributed by atoms with van der Waals surface area (Å²) in [6, 6.07) is 10.2. The molecule has 8 heteroatoms. The molecular formula is C17H16Cl3NO4. The van der Waals surface area contributed by atoms with Crippen molar-refractivity contribution >= 4 is 40.7 Å².